The Balaban J connectivity index is 1.93. The summed E-state index contributed by atoms with van der Waals surface area (Å²) in [7, 11) is 0. The lowest BCUT2D eigenvalue weighted by molar-refractivity contribution is -0.109. The number of benzene rings is 1. The molecular formula is C16H9N3O4-2. The molecule has 0 fully saturated rings. The van der Waals surface area contributed by atoms with E-state index in [1.165, 1.54) is 12.2 Å². The Morgan fingerprint density at radius 3 is 2.04 bits per heavy atom. The molecule has 0 heterocycles. The van der Waals surface area contributed by atoms with Crippen LogP contribution < -0.4 is 10.4 Å². The molecular weight excluding hydrogens is 298 g/mol. The van der Waals surface area contributed by atoms with Crippen LogP contribution in [0, 0.1) is 10.4 Å². The highest BCUT2D eigenvalue weighted by Crippen LogP contribution is 2.09. The molecule has 0 N–H and O–H groups in total. The van der Waals surface area contributed by atoms with E-state index >= 15 is 0 Å². The number of hydrogen-bond acceptors (Lipinski definition) is 7. The minimum absolute atomic E-state index is 0.0665. The Hall–Kier alpha value is -3.16. The summed E-state index contributed by atoms with van der Waals surface area (Å²) in [4.78, 5) is 23.7. The van der Waals surface area contributed by atoms with E-state index in [0.717, 1.165) is 22.6 Å². The van der Waals surface area contributed by atoms with E-state index in [0.29, 0.717) is 0 Å². The average molecular weight is 307 g/mol. The molecule has 1 aromatic rings. The minimum Gasteiger partial charge on any atom is -0.769 e. The summed E-state index contributed by atoms with van der Waals surface area (Å²) in [5.74, 6) is -0.946. The third kappa shape index (κ3) is 3.05. The number of carbonyl (C=O) groups excluding carboxylic acids is 2. The van der Waals surface area contributed by atoms with Crippen LogP contribution >= 0.6 is 0 Å². The normalized spacial score (nSPS) is 20.0. The number of ketones is 2. The van der Waals surface area contributed by atoms with Crippen molar-refractivity contribution in [3.63, 3.8) is 0 Å². The average Bonchev–Trinajstić information content (AvgIpc) is 2.53. The second-order valence-electron chi connectivity index (χ2n) is 4.78. The zero-order chi connectivity index (χ0) is 16.4. The maximum absolute atomic E-state index is 12.0. The topological polar surface area (TPSA) is 108 Å². The van der Waals surface area contributed by atoms with E-state index in [2.05, 4.69) is 10.2 Å². The van der Waals surface area contributed by atoms with E-state index in [4.69, 9.17) is 0 Å². The first-order valence-corrected chi connectivity index (χ1v) is 6.61. The van der Waals surface area contributed by atoms with Gasteiger partial charge in [0.05, 0.1) is 0 Å². The van der Waals surface area contributed by atoms with Crippen molar-refractivity contribution in [2.24, 2.45) is 10.2 Å². The molecule has 2 aliphatic carbocycles. The van der Waals surface area contributed by atoms with E-state index < -0.39 is 11.0 Å². The van der Waals surface area contributed by atoms with Crippen molar-refractivity contribution in [2.45, 2.75) is 0 Å². The fourth-order valence-corrected chi connectivity index (χ4v) is 2.09. The van der Waals surface area contributed by atoms with Crippen LogP contribution in [0.4, 0.5) is 0 Å². The monoisotopic (exact) mass is 307 g/mol. The van der Waals surface area contributed by atoms with Crippen LogP contribution in [0.1, 0.15) is 0 Å². The van der Waals surface area contributed by atoms with Crippen molar-refractivity contribution in [1.29, 1.82) is 0 Å². The lowest BCUT2D eigenvalue weighted by atomic mass is 10.1. The molecule has 0 aromatic heterocycles. The van der Waals surface area contributed by atoms with E-state index in [1.807, 2.05) is 24.3 Å². The molecule has 0 atom stereocenters. The van der Waals surface area contributed by atoms with Gasteiger partial charge in [0, 0.05) is 11.8 Å². The van der Waals surface area contributed by atoms with Gasteiger partial charge >= 0.3 is 0 Å². The van der Waals surface area contributed by atoms with Crippen molar-refractivity contribution in [3.8, 4) is 0 Å². The maximum atomic E-state index is 12.0. The van der Waals surface area contributed by atoms with Crippen molar-refractivity contribution >= 4 is 35.1 Å². The number of fused-ring (bicyclic) bond motifs is 1. The number of Topliss-reactive ketones (excluding diaryl/α,β-unsaturated/α-hetero) is 1. The highest BCUT2D eigenvalue weighted by molar-refractivity contribution is 6.60. The van der Waals surface area contributed by atoms with Crippen LogP contribution in [0.3, 0.4) is 0 Å². The SMILES string of the molecule is O=C1C=C(N([O-])[O-])C=CC1=NN=C1C=c2ccccc2=CC1=O. The summed E-state index contributed by atoms with van der Waals surface area (Å²) in [5, 5.41) is 29.7. The van der Waals surface area contributed by atoms with Gasteiger partial charge < -0.3 is 15.6 Å². The molecule has 3 rings (SSSR count). The van der Waals surface area contributed by atoms with Crippen LogP contribution in [0.25, 0.3) is 12.2 Å². The van der Waals surface area contributed by atoms with Crippen LogP contribution in [0.5, 0.6) is 0 Å². The van der Waals surface area contributed by atoms with Crippen LogP contribution in [-0.2, 0) is 9.59 Å². The molecule has 0 spiro atoms. The summed E-state index contributed by atoms with van der Waals surface area (Å²) in [5.41, 5.74) is -0.284. The predicted octanol–water partition coefficient (Wildman–Crippen LogP) is -0.0523. The Morgan fingerprint density at radius 2 is 1.39 bits per heavy atom. The Kier molecular flexibility index (Phi) is 3.80. The van der Waals surface area contributed by atoms with Gasteiger partial charge in [0.25, 0.3) is 0 Å². The fourth-order valence-electron chi connectivity index (χ4n) is 2.09. The van der Waals surface area contributed by atoms with Gasteiger partial charge in [-0.1, -0.05) is 24.3 Å². The fraction of sp³-hybridized carbons (Fsp3) is 0. The maximum Gasteiger partial charge on any atom is 0.208 e. The van der Waals surface area contributed by atoms with E-state index in [-0.39, 0.29) is 22.9 Å². The van der Waals surface area contributed by atoms with E-state index in [1.54, 1.807) is 6.08 Å². The molecule has 0 saturated heterocycles. The molecule has 23 heavy (non-hydrogen) atoms. The van der Waals surface area contributed by atoms with Gasteiger partial charge in [0.1, 0.15) is 11.4 Å². The number of rotatable bonds is 2. The Morgan fingerprint density at radius 1 is 0.783 bits per heavy atom. The number of hydrogen-bond donors (Lipinski definition) is 0. The third-order valence-electron chi connectivity index (χ3n) is 3.25. The predicted molar refractivity (Wildman–Crippen MR) is 85.3 cm³/mol. The first kappa shape index (κ1) is 14.8. The molecule has 0 saturated carbocycles. The summed E-state index contributed by atoms with van der Waals surface area (Å²) in [6.07, 6.45) is 6.26. The largest absolute Gasteiger partial charge is 0.769 e. The number of carbonyl (C=O) groups is 2. The van der Waals surface area contributed by atoms with Crippen molar-refractivity contribution in [3.05, 3.63) is 69.0 Å². The second kappa shape index (κ2) is 5.91. The minimum atomic E-state index is -0.665. The number of allylic oxidation sites excluding steroid dienone is 3. The molecule has 0 unspecified atom stereocenters. The van der Waals surface area contributed by atoms with Gasteiger partial charge in [-0.25, -0.2) is 0 Å². The molecule has 7 heteroatoms. The summed E-state index contributed by atoms with van der Waals surface area (Å²) < 4.78 is 0. The lowest BCUT2D eigenvalue weighted by Crippen LogP contribution is -2.32. The van der Waals surface area contributed by atoms with Crippen molar-refractivity contribution in [2.75, 3.05) is 0 Å². The van der Waals surface area contributed by atoms with Gasteiger partial charge in [-0.15, -0.1) is 10.2 Å². The smallest absolute Gasteiger partial charge is 0.208 e. The molecule has 0 bridgehead atoms. The molecule has 0 amide bonds. The van der Waals surface area contributed by atoms with Gasteiger partial charge in [0.15, 0.2) is 0 Å². The lowest BCUT2D eigenvalue weighted by Gasteiger charge is -2.38. The highest BCUT2D eigenvalue weighted by atomic mass is 16.8. The number of nitrogens with zero attached hydrogens (tertiary/aromatic N) is 3. The molecule has 7 nitrogen and oxygen atoms in total. The number of hydroxylamine groups is 2. The summed E-state index contributed by atoms with van der Waals surface area (Å²) >= 11 is 0. The molecule has 0 radical (unpaired) electrons. The van der Waals surface area contributed by atoms with Crippen LogP contribution in [-0.4, -0.2) is 28.2 Å². The highest BCUT2D eigenvalue weighted by Gasteiger charge is 2.13. The van der Waals surface area contributed by atoms with Gasteiger partial charge in [-0.2, -0.15) is 0 Å². The summed E-state index contributed by atoms with van der Waals surface area (Å²) in [6, 6.07) is 7.30. The quantitative estimate of drug-likeness (QED) is 0.562. The first-order valence-electron chi connectivity index (χ1n) is 6.61. The van der Waals surface area contributed by atoms with Crippen LogP contribution in [0.2, 0.25) is 0 Å². The van der Waals surface area contributed by atoms with Crippen molar-refractivity contribution < 1.29 is 9.59 Å². The van der Waals surface area contributed by atoms with Gasteiger partial charge in [0.2, 0.25) is 11.6 Å². The Bertz CT molecular complexity index is 936. The molecule has 0 aliphatic heterocycles. The summed E-state index contributed by atoms with van der Waals surface area (Å²) in [6.45, 7) is 0. The van der Waals surface area contributed by atoms with Crippen molar-refractivity contribution in [1.82, 2.24) is 5.23 Å². The third-order valence-corrected chi connectivity index (χ3v) is 3.25. The zero-order valence-corrected chi connectivity index (χ0v) is 11.7. The van der Waals surface area contributed by atoms with Gasteiger partial charge in [-0.05, 0) is 34.7 Å². The van der Waals surface area contributed by atoms with E-state index in [9.17, 15) is 20.0 Å². The Labute approximate surface area is 130 Å². The van der Waals surface area contributed by atoms with Crippen LogP contribution in [0.15, 0.2) is 58.4 Å². The first-order chi connectivity index (χ1) is 11.0. The molecule has 114 valence electrons. The second-order valence-corrected chi connectivity index (χ2v) is 4.78. The zero-order valence-electron chi connectivity index (χ0n) is 11.7. The van der Waals surface area contributed by atoms with Gasteiger partial charge in [-0.3, -0.25) is 9.59 Å². The standard InChI is InChI=1S/C16H9N3O4/c20-15-8-11-4-2-1-3-10(11)7-14(15)18-17-13-6-5-12(19(22)23)9-16(13)21/h1-9H/q-2. The molecule has 1 aromatic carbocycles. The molecule has 2 aliphatic rings.